The van der Waals surface area contributed by atoms with Crippen molar-refractivity contribution >= 4 is 34.2 Å². The van der Waals surface area contributed by atoms with Crippen LogP contribution in [0.25, 0.3) is 10.9 Å². The van der Waals surface area contributed by atoms with Crippen LogP contribution in [-0.2, 0) is 0 Å². The molecular weight excluding hydrogens is 407 g/mol. The van der Waals surface area contributed by atoms with Gasteiger partial charge in [0, 0.05) is 49.8 Å². The molecule has 2 aliphatic rings. The zero-order valence-electron chi connectivity index (χ0n) is 18.3. The second-order valence-corrected chi connectivity index (χ2v) is 8.57. The van der Waals surface area contributed by atoms with Gasteiger partial charge in [-0.1, -0.05) is 0 Å². The second-order valence-electron chi connectivity index (χ2n) is 8.57. The van der Waals surface area contributed by atoms with Gasteiger partial charge < -0.3 is 25.8 Å². The number of nitrogens with one attached hydrogen (secondary N) is 3. The summed E-state index contributed by atoms with van der Waals surface area (Å²) in [5, 5.41) is 10.7. The number of fused-ring (bicyclic) bond motifs is 1. The first-order chi connectivity index (χ1) is 15.6. The molecule has 0 saturated carbocycles. The highest BCUT2D eigenvalue weighted by Crippen LogP contribution is 2.24. The third kappa shape index (κ3) is 4.73. The lowest BCUT2D eigenvalue weighted by atomic mass is 10.1. The molecule has 168 valence electrons. The first-order valence-electron chi connectivity index (χ1n) is 11.3. The minimum absolute atomic E-state index is 0.169. The molecule has 8 nitrogen and oxygen atoms in total. The third-order valence-corrected chi connectivity index (χ3v) is 6.14. The van der Waals surface area contributed by atoms with E-state index in [4.69, 9.17) is 4.98 Å². The number of pyridine rings is 1. The number of hydrogen-bond donors (Lipinski definition) is 3. The standard InChI is InChI=1S/C23H29FN8/c1-31-9-11-32(12-10-31)21-7-4-16-13-17(5-6-20(16)29-21)28-23-26-15-19(24)22(30-23)27-18-3-2-8-25-14-18/h4-7,13,15,18,25H,2-3,8-12,14H2,1H3,(H2,26,27,28,30)/t18-/m1/s1. The van der Waals surface area contributed by atoms with Crippen molar-refractivity contribution in [2.75, 3.05) is 61.8 Å². The van der Waals surface area contributed by atoms with Crippen LogP contribution in [0.5, 0.6) is 0 Å². The number of aromatic nitrogens is 3. The van der Waals surface area contributed by atoms with E-state index in [9.17, 15) is 4.39 Å². The summed E-state index contributed by atoms with van der Waals surface area (Å²) in [6.45, 7) is 5.89. The fraction of sp³-hybridized carbons (Fsp3) is 0.435. The van der Waals surface area contributed by atoms with Crippen molar-refractivity contribution in [3.8, 4) is 0 Å². The summed E-state index contributed by atoms with van der Waals surface area (Å²) in [6.07, 6.45) is 3.27. The quantitative estimate of drug-likeness (QED) is 0.563. The van der Waals surface area contributed by atoms with Gasteiger partial charge in [0.2, 0.25) is 5.95 Å². The predicted molar refractivity (Wildman–Crippen MR) is 126 cm³/mol. The number of piperazine rings is 1. The highest BCUT2D eigenvalue weighted by Gasteiger charge is 2.17. The summed E-state index contributed by atoms with van der Waals surface area (Å²) in [7, 11) is 2.15. The van der Waals surface area contributed by atoms with Crippen molar-refractivity contribution in [2.45, 2.75) is 18.9 Å². The zero-order valence-corrected chi connectivity index (χ0v) is 18.3. The zero-order chi connectivity index (χ0) is 21.9. The third-order valence-electron chi connectivity index (χ3n) is 6.14. The van der Waals surface area contributed by atoms with Gasteiger partial charge in [-0.15, -0.1) is 0 Å². The molecule has 0 unspecified atom stereocenters. The Morgan fingerprint density at radius 3 is 2.78 bits per heavy atom. The molecule has 1 aromatic carbocycles. The van der Waals surface area contributed by atoms with Crippen LogP contribution in [0.3, 0.4) is 0 Å². The van der Waals surface area contributed by atoms with Gasteiger partial charge >= 0.3 is 0 Å². The van der Waals surface area contributed by atoms with E-state index in [0.29, 0.717) is 5.95 Å². The first kappa shape index (κ1) is 20.8. The SMILES string of the molecule is CN1CCN(c2ccc3cc(Nc4ncc(F)c(N[C@@H]5CCCNC5)n4)ccc3n2)CC1. The fourth-order valence-electron chi connectivity index (χ4n) is 4.23. The minimum Gasteiger partial charge on any atom is -0.363 e. The first-order valence-corrected chi connectivity index (χ1v) is 11.3. The molecule has 0 bridgehead atoms. The summed E-state index contributed by atoms with van der Waals surface area (Å²) in [4.78, 5) is 18.0. The monoisotopic (exact) mass is 436 g/mol. The molecule has 4 heterocycles. The Labute approximate surface area is 187 Å². The van der Waals surface area contributed by atoms with E-state index in [1.165, 1.54) is 6.20 Å². The van der Waals surface area contributed by atoms with Crippen LogP contribution in [0.2, 0.25) is 0 Å². The van der Waals surface area contributed by atoms with E-state index in [1.807, 2.05) is 18.2 Å². The van der Waals surface area contributed by atoms with Crippen molar-refractivity contribution in [1.82, 2.24) is 25.2 Å². The number of rotatable bonds is 5. The maximum atomic E-state index is 14.2. The summed E-state index contributed by atoms with van der Waals surface area (Å²) in [5.41, 5.74) is 1.78. The van der Waals surface area contributed by atoms with Crippen molar-refractivity contribution in [2.24, 2.45) is 0 Å². The van der Waals surface area contributed by atoms with Gasteiger partial charge in [-0.25, -0.2) is 14.4 Å². The van der Waals surface area contributed by atoms with Crippen LogP contribution >= 0.6 is 0 Å². The Balaban J connectivity index is 1.30. The number of benzene rings is 1. The smallest absolute Gasteiger partial charge is 0.229 e. The van der Waals surface area contributed by atoms with Crippen LogP contribution in [0.4, 0.5) is 27.7 Å². The average molecular weight is 437 g/mol. The fourth-order valence-corrected chi connectivity index (χ4v) is 4.23. The summed E-state index contributed by atoms with van der Waals surface area (Å²) in [6, 6.07) is 10.3. The molecule has 2 aromatic heterocycles. The number of nitrogens with zero attached hydrogens (tertiary/aromatic N) is 5. The molecule has 0 radical (unpaired) electrons. The topological polar surface area (TPSA) is 81.2 Å². The van der Waals surface area contributed by atoms with Crippen LogP contribution in [0, 0.1) is 5.82 Å². The Morgan fingerprint density at radius 1 is 1.09 bits per heavy atom. The molecule has 3 N–H and O–H groups in total. The Bertz CT molecular complexity index is 1080. The number of anilines is 4. The molecule has 0 amide bonds. The highest BCUT2D eigenvalue weighted by molar-refractivity contribution is 5.84. The molecule has 0 aliphatic carbocycles. The largest absolute Gasteiger partial charge is 0.363 e. The van der Waals surface area contributed by atoms with Gasteiger partial charge in [0.1, 0.15) is 5.82 Å². The molecule has 5 rings (SSSR count). The number of piperidine rings is 1. The van der Waals surface area contributed by atoms with Crippen LogP contribution in [0.15, 0.2) is 36.5 Å². The van der Waals surface area contributed by atoms with Gasteiger partial charge in [-0.05, 0) is 56.8 Å². The van der Waals surface area contributed by atoms with Crippen LogP contribution in [-0.4, -0.2) is 72.2 Å². The normalized spacial score (nSPS) is 19.8. The van der Waals surface area contributed by atoms with Crippen LogP contribution < -0.4 is 20.9 Å². The van der Waals surface area contributed by atoms with Crippen molar-refractivity contribution in [3.63, 3.8) is 0 Å². The number of halogens is 1. The summed E-state index contributed by atoms with van der Waals surface area (Å²) >= 11 is 0. The Morgan fingerprint density at radius 2 is 1.97 bits per heavy atom. The molecule has 2 aliphatic heterocycles. The molecule has 0 spiro atoms. The van der Waals surface area contributed by atoms with Crippen LogP contribution in [0.1, 0.15) is 12.8 Å². The van der Waals surface area contributed by atoms with E-state index in [1.54, 1.807) is 0 Å². The summed E-state index contributed by atoms with van der Waals surface area (Å²) in [5.74, 6) is 1.16. The Kier molecular flexibility index (Phi) is 6.00. The molecule has 1 atom stereocenters. The molecule has 2 saturated heterocycles. The van der Waals surface area contributed by atoms with Gasteiger partial charge in [0.15, 0.2) is 11.6 Å². The van der Waals surface area contributed by atoms with Gasteiger partial charge in [-0.2, -0.15) is 4.98 Å². The number of likely N-dealkylation sites (N-methyl/N-ethyl adjacent to an activating group) is 1. The minimum atomic E-state index is -0.444. The maximum Gasteiger partial charge on any atom is 0.229 e. The lowest BCUT2D eigenvalue weighted by Crippen LogP contribution is -2.44. The van der Waals surface area contributed by atoms with E-state index in [2.05, 4.69) is 54.9 Å². The van der Waals surface area contributed by atoms with E-state index < -0.39 is 5.82 Å². The molecule has 9 heteroatoms. The van der Waals surface area contributed by atoms with Gasteiger partial charge in [0.05, 0.1) is 11.7 Å². The van der Waals surface area contributed by atoms with Crippen molar-refractivity contribution in [1.29, 1.82) is 0 Å². The molecule has 3 aromatic rings. The second kappa shape index (κ2) is 9.22. The van der Waals surface area contributed by atoms with Gasteiger partial charge in [-0.3, -0.25) is 0 Å². The van der Waals surface area contributed by atoms with E-state index in [0.717, 1.165) is 74.5 Å². The molecule has 32 heavy (non-hydrogen) atoms. The highest BCUT2D eigenvalue weighted by atomic mass is 19.1. The number of hydrogen-bond acceptors (Lipinski definition) is 8. The van der Waals surface area contributed by atoms with E-state index >= 15 is 0 Å². The Hall–Kier alpha value is -3.04. The maximum absolute atomic E-state index is 14.2. The van der Waals surface area contributed by atoms with Crippen molar-refractivity contribution < 1.29 is 4.39 Å². The van der Waals surface area contributed by atoms with Gasteiger partial charge in [0.25, 0.3) is 0 Å². The molecule has 2 fully saturated rings. The lowest BCUT2D eigenvalue weighted by molar-refractivity contribution is 0.312. The summed E-state index contributed by atoms with van der Waals surface area (Å²) < 4.78 is 14.2. The molecular formula is C23H29FN8. The predicted octanol–water partition coefficient (Wildman–Crippen LogP) is 2.82. The van der Waals surface area contributed by atoms with E-state index in [-0.39, 0.29) is 11.9 Å². The average Bonchev–Trinajstić information content (AvgIpc) is 2.82. The van der Waals surface area contributed by atoms with Crippen molar-refractivity contribution in [3.05, 3.63) is 42.3 Å². The lowest BCUT2D eigenvalue weighted by Gasteiger charge is -2.33.